The predicted molar refractivity (Wildman–Crippen MR) is 152 cm³/mol. The molecular weight excluding hydrogens is 528 g/mol. The van der Waals surface area contributed by atoms with Gasteiger partial charge in [0.25, 0.3) is 0 Å². The second-order valence-corrected chi connectivity index (χ2v) is 12.0. The largest absolute Gasteiger partial charge is 0.345 e. The highest BCUT2D eigenvalue weighted by Crippen LogP contribution is 2.25. The molecule has 1 aromatic carbocycles. The predicted octanol–water partition coefficient (Wildman–Crippen LogP) is 6.71. The van der Waals surface area contributed by atoms with Crippen LogP contribution >= 0.6 is 15.9 Å². The van der Waals surface area contributed by atoms with Gasteiger partial charge in [-0.1, -0.05) is 66.6 Å². The first kappa shape index (κ1) is 27.7. The number of halogens is 1. The van der Waals surface area contributed by atoms with Crippen LogP contribution in [0.2, 0.25) is 0 Å². The van der Waals surface area contributed by atoms with Crippen LogP contribution in [0, 0.1) is 0 Å². The molecule has 2 aliphatic rings. The SMILES string of the molecule is CC(C)N(CC(=O)N(Cc1cccn1Cc1ccc(Br)cc1)C1CCCCC1)C(=O)NC1CCCCC1. The molecule has 1 aromatic heterocycles. The van der Waals surface area contributed by atoms with Gasteiger partial charge in [0.15, 0.2) is 0 Å². The molecule has 0 radical (unpaired) electrons. The van der Waals surface area contributed by atoms with Gasteiger partial charge in [0.1, 0.15) is 6.54 Å². The van der Waals surface area contributed by atoms with Crippen molar-refractivity contribution in [1.82, 2.24) is 19.7 Å². The number of amides is 3. The summed E-state index contributed by atoms with van der Waals surface area (Å²) in [6.07, 6.45) is 13.4. The molecule has 2 aliphatic carbocycles. The summed E-state index contributed by atoms with van der Waals surface area (Å²) in [7, 11) is 0. The molecule has 1 heterocycles. The van der Waals surface area contributed by atoms with Crippen LogP contribution in [0.3, 0.4) is 0 Å². The van der Waals surface area contributed by atoms with Gasteiger partial charge in [-0.25, -0.2) is 4.79 Å². The Morgan fingerprint density at radius 1 is 0.973 bits per heavy atom. The summed E-state index contributed by atoms with van der Waals surface area (Å²) >= 11 is 3.51. The third-order valence-electron chi connectivity index (χ3n) is 7.98. The quantitative estimate of drug-likeness (QED) is 0.364. The molecule has 0 bridgehead atoms. The fraction of sp³-hybridized carbons (Fsp3) is 0.600. The van der Waals surface area contributed by atoms with E-state index < -0.39 is 0 Å². The molecule has 7 heteroatoms. The molecule has 37 heavy (non-hydrogen) atoms. The van der Waals surface area contributed by atoms with Gasteiger partial charge in [0.2, 0.25) is 5.91 Å². The average Bonchev–Trinajstić information content (AvgIpc) is 3.34. The highest BCUT2D eigenvalue weighted by Gasteiger charge is 2.30. The molecular formula is C30H43BrN4O2. The maximum absolute atomic E-state index is 13.9. The van der Waals surface area contributed by atoms with E-state index in [2.05, 4.69) is 73.3 Å². The molecule has 2 fully saturated rings. The lowest BCUT2D eigenvalue weighted by atomic mass is 9.94. The molecule has 0 atom stereocenters. The van der Waals surface area contributed by atoms with Gasteiger partial charge in [0.05, 0.1) is 6.54 Å². The Morgan fingerprint density at radius 2 is 1.62 bits per heavy atom. The van der Waals surface area contributed by atoms with Gasteiger partial charge in [-0.15, -0.1) is 0 Å². The third-order valence-corrected chi connectivity index (χ3v) is 8.51. The zero-order valence-corrected chi connectivity index (χ0v) is 24.1. The third kappa shape index (κ3) is 7.86. The number of aromatic nitrogens is 1. The van der Waals surface area contributed by atoms with Crippen LogP contribution in [0.15, 0.2) is 47.1 Å². The minimum Gasteiger partial charge on any atom is -0.345 e. The number of hydrogen-bond donors (Lipinski definition) is 1. The van der Waals surface area contributed by atoms with Crippen molar-refractivity contribution in [1.29, 1.82) is 0 Å². The number of carbonyl (C=O) groups is 2. The van der Waals surface area contributed by atoms with Crippen molar-refractivity contribution in [2.24, 2.45) is 0 Å². The van der Waals surface area contributed by atoms with E-state index in [0.717, 1.165) is 55.2 Å². The van der Waals surface area contributed by atoms with E-state index in [1.54, 1.807) is 4.90 Å². The van der Waals surface area contributed by atoms with Crippen LogP contribution in [0.5, 0.6) is 0 Å². The molecule has 0 saturated heterocycles. The topological polar surface area (TPSA) is 57.6 Å². The van der Waals surface area contributed by atoms with Crippen molar-refractivity contribution in [2.75, 3.05) is 6.54 Å². The Balaban J connectivity index is 1.48. The first-order valence-electron chi connectivity index (χ1n) is 14.2. The van der Waals surface area contributed by atoms with Gasteiger partial charge in [-0.05, 0) is 69.4 Å². The molecule has 6 nitrogen and oxygen atoms in total. The molecule has 0 aliphatic heterocycles. The summed E-state index contributed by atoms with van der Waals surface area (Å²) in [6.45, 7) is 5.47. The van der Waals surface area contributed by atoms with E-state index in [1.165, 1.54) is 31.2 Å². The Kier molecular flexibility index (Phi) is 10.1. The zero-order chi connectivity index (χ0) is 26.2. The van der Waals surface area contributed by atoms with Crippen molar-refractivity contribution < 1.29 is 9.59 Å². The first-order valence-corrected chi connectivity index (χ1v) is 14.9. The van der Waals surface area contributed by atoms with Gasteiger partial charge < -0.3 is 19.7 Å². The minimum absolute atomic E-state index is 0.0398. The van der Waals surface area contributed by atoms with Gasteiger partial charge in [-0.3, -0.25) is 4.79 Å². The van der Waals surface area contributed by atoms with Crippen LogP contribution in [-0.2, 0) is 17.9 Å². The van der Waals surface area contributed by atoms with Crippen molar-refractivity contribution in [3.63, 3.8) is 0 Å². The fourth-order valence-corrected chi connectivity index (χ4v) is 6.02. The highest BCUT2D eigenvalue weighted by molar-refractivity contribution is 9.10. The standard InChI is InChI=1S/C30H43BrN4O2/c1-23(2)34(30(37)32-26-10-5-3-6-11-26)22-29(36)35(27-12-7-4-8-13-27)21-28-14-9-19-33(28)20-24-15-17-25(31)18-16-24/h9,14-19,23,26-27H,3-8,10-13,20-22H2,1-2H3,(H,32,37). The number of urea groups is 1. The summed E-state index contributed by atoms with van der Waals surface area (Å²) in [5, 5.41) is 3.22. The fourth-order valence-electron chi connectivity index (χ4n) is 5.75. The molecule has 1 N–H and O–H groups in total. The number of hydrogen-bond acceptors (Lipinski definition) is 2. The lowest BCUT2D eigenvalue weighted by Gasteiger charge is -2.37. The smallest absolute Gasteiger partial charge is 0.318 e. The van der Waals surface area contributed by atoms with Crippen LogP contribution in [0.25, 0.3) is 0 Å². The Morgan fingerprint density at radius 3 is 2.27 bits per heavy atom. The molecule has 3 amide bonds. The monoisotopic (exact) mass is 570 g/mol. The molecule has 202 valence electrons. The number of benzene rings is 1. The summed E-state index contributed by atoms with van der Waals surface area (Å²) in [4.78, 5) is 30.9. The second-order valence-electron chi connectivity index (χ2n) is 11.1. The summed E-state index contributed by atoms with van der Waals surface area (Å²) in [6, 6.07) is 12.9. The van der Waals surface area contributed by atoms with E-state index in [1.807, 2.05) is 13.8 Å². The number of nitrogens with one attached hydrogen (secondary N) is 1. The van der Waals surface area contributed by atoms with Crippen LogP contribution in [-0.4, -0.2) is 51.0 Å². The Bertz CT molecular complexity index is 1010. The number of carbonyl (C=O) groups excluding carboxylic acids is 2. The highest BCUT2D eigenvalue weighted by atomic mass is 79.9. The van der Waals surface area contributed by atoms with E-state index in [0.29, 0.717) is 6.54 Å². The zero-order valence-electron chi connectivity index (χ0n) is 22.5. The second kappa shape index (κ2) is 13.5. The van der Waals surface area contributed by atoms with Crippen molar-refractivity contribution in [2.45, 2.75) is 109 Å². The van der Waals surface area contributed by atoms with E-state index >= 15 is 0 Å². The summed E-state index contributed by atoms with van der Waals surface area (Å²) in [5.74, 6) is 0.0517. The number of nitrogens with zero attached hydrogens (tertiary/aromatic N) is 3. The van der Waals surface area contributed by atoms with E-state index in [-0.39, 0.29) is 36.6 Å². The lowest BCUT2D eigenvalue weighted by Crippen LogP contribution is -2.53. The Hall–Kier alpha value is -2.28. The minimum atomic E-state index is -0.0996. The molecule has 2 aromatic rings. The average molecular weight is 572 g/mol. The van der Waals surface area contributed by atoms with Gasteiger partial charge in [-0.2, -0.15) is 0 Å². The van der Waals surface area contributed by atoms with Crippen molar-refractivity contribution in [3.05, 3.63) is 58.3 Å². The Labute approximate surface area is 230 Å². The van der Waals surface area contributed by atoms with E-state index in [9.17, 15) is 9.59 Å². The van der Waals surface area contributed by atoms with Crippen LogP contribution in [0.4, 0.5) is 4.79 Å². The molecule has 2 saturated carbocycles. The maximum Gasteiger partial charge on any atom is 0.318 e. The van der Waals surface area contributed by atoms with Gasteiger partial charge in [0, 0.05) is 41.0 Å². The molecule has 0 unspecified atom stereocenters. The number of rotatable bonds is 9. The molecule has 4 rings (SSSR count). The lowest BCUT2D eigenvalue weighted by molar-refractivity contribution is -0.136. The normalized spacial score (nSPS) is 17.1. The van der Waals surface area contributed by atoms with Crippen LogP contribution < -0.4 is 5.32 Å². The summed E-state index contributed by atoms with van der Waals surface area (Å²) in [5.41, 5.74) is 2.35. The van der Waals surface area contributed by atoms with Crippen LogP contribution in [0.1, 0.15) is 89.3 Å². The maximum atomic E-state index is 13.9. The summed E-state index contributed by atoms with van der Waals surface area (Å²) < 4.78 is 3.31. The van der Waals surface area contributed by atoms with Crippen molar-refractivity contribution >= 4 is 27.9 Å². The molecule has 0 spiro atoms. The van der Waals surface area contributed by atoms with Crippen molar-refractivity contribution in [3.8, 4) is 0 Å². The van der Waals surface area contributed by atoms with Gasteiger partial charge >= 0.3 is 6.03 Å². The first-order chi connectivity index (χ1) is 17.9. The van der Waals surface area contributed by atoms with E-state index in [4.69, 9.17) is 0 Å².